The number of carbonyl (C=O) groups is 2. The fraction of sp³-hybridized carbons (Fsp3) is 0.333. The number of ether oxygens (including phenoxy) is 2. The first kappa shape index (κ1) is 18.8. The fourth-order valence-corrected chi connectivity index (χ4v) is 3.29. The third-order valence-electron chi connectivity index (χ3n) is 4.68. The maximum absolute atomic E-state index is 12.6. The van der Waals surface area contributed by atoms with Gasteiger partial charge < -0.3 is 19.7 Å². The normalized spacial score (nSPS) is 12.9. The number of nitrogens with one attached hydrogen (secondary N) is 1. The van der Waals surface area contributed by atoms with Gasteiger partial charge in [0.1, 0.15) is 0 Å². The molecule has 1 N–H and O–H groups in total. The number of fused-ring (bicyclic) bond motifs is 1. The van der Waals surface area contributed by atoms with Crippen LogP contribution < -0.4 is 19.7 Å². The fourth-order valence-electron chi connectivity index (χ4n) is 3.29. The van der Waals surface area contributed by atoms with Gasteiger partial charge in [-0.3, -0.25) is 9.59 Å². The van der Waals surface area contributed by atoms with Crippen molar-refractivity contribution in [1.82, 2.24) is 5.32 Å². The first-order chi connectivity index (χ1) is 13.1. The zero-order chi connectivity index (χ0) is 19.2. The van der Waals surface area contributed by atoms with Gasteiger partial charge in [0.2, 0.25) is 5.91 Å². The van der Waals surface area contributed by atoms with Gasteiger partial charge in [-0.05, 0) is 42.7 Å². The van der Waals surface area contributed by atoms with Gasteiger partial charge in [0.05, 0.1) is 14.2 Å². The summed E-state index contributed by atoms with van der Waals surface area (Å²) in [4.78, 5) is 26.8. The van der Waals surface area contributed by atoms with E-state index < -0.39 is 0 Å². The molecule has 1 heterocycles. The van der Waals surface area contributed by atoms with Crippen molar-refractivity contribution < 1.29 is 19.1 Å². The quantitative estimate of drug-likeness (QED) is 0.851. The van der Waals surface area contributed by atoms with Crippen LogP contribution in [0.4, 0.5) is 5.69 Å². The van der Waals surface area contributed by atoms with Crippen molar-refractivity contribution in [1.29, 1.82) is 0 Å². The van der Waals surface area contributed by atoms with Crippen LogP contribution in [0.3, 0.4) is 0 Å². The lowest BCUT2D eigenvalue weighted by atomic mass is 10.0. The van der Waals surface area contributed by atoms with Crippen molar-refractivity contribution in [3.8, 4) is 11.5 Å². The molecule has 0 aromatic heterocycles. The molecular formula is C21H24N2O4. The van der Waals surface area contributed by atoms with E-state index in [1.54, 1.807) is 25.3 Å². The number of aryl methyl sites for hydroxylation is 1. The average Bonchev–Trinajstić information content (AvgIpc) is 2.72. The molecule has 0 saturated heterocycles. The van der Waals surface area contributed by atoms with Crippen LogP contribution in [-0.4, -0.2) is 39.1 Å². The van der Waals surface area contributed by atoms with Crippen LogP contribution in [0.1, 0.15) is 28.8 Å². The number of hydrogen-bond acceptors (Lipinski definition) is 4. The van der Waals surface area contributed by atoms with Gasteiger partial charge in [-0.1, -0.05) is 18.2 Å². The molecule has 1 aliphatic rings. The number of benzene rings is 2. The number of anilines is 1. The molecule has 0 bridgehead atoms. The van der Waals surface area contributed by atoms with E-state index in [9.17, 15) is 9.59 Å². The van der Waals surface area contributed by atoms with Crippen LogP contribution >= 0.6 is 0 Å². The first-order valence-electron chi connectivity index (χ1n) is 9.02. The summed E-state index contributed by atoms with van der Waals surface area (Å²) in [5.74, 6) is 0.830. The zero-order valence-corrected chi connectivity index (χ0v) is 15.7. The monoisotopic (exact) mass is 368 g/mol. The minimum absolute atomic E-state index is 0.0229. The minimum atomic E-state index is -0.247. The number of hydrogen-bond donors (Lipinski definition) is 1. The van der Waals surface area contributed by atoms with Crippen LogP contribution in [-0.2, 0) is 11.2 Å². The van der Waals surface area contributed by atoms with Gasteiger partial charge in [-0.2, -0.15) is 0 Å². The molecule has 0 saturated carbocycles. The highest BCUT2D eigenvalue weighted by Gasteiger charge is 2.21. The summed E-state index contributed by atoms with van der Waals surface area (Å²) in [5, 5.41) is 2.80. The van der Waals surface area contributed by atoms with E-state index in [1.807, 2.05) is 23.1 Å². The first-order valence-corrected chi connectivity index (χ1v) is 9.02. The van der Waals surface area contributed by atoms with Crippen molar-refractivity contribution in [2.75, 3.05) is 32.2 Å². The lowest BCUT2D eigenvalue weighted by Crippen LogP contribution is -2.37. The summed E-state index contributed by atoms with van der Waals surface area (Å²) >= 11 is 0. The van der Waals surface area contributed by atoms with Crippen LogP contribution in [0.15, 0.2) is 42.5 Å². The Morgan fingerprint density at radius 2 is 1.85 bits per heavy atom. The summed E-state index contributed by atoms with van der Waals surface area (Å²) in [6, 6.07) is 13.0. The van der Waals surface area contributed by atoms with Crippen molar-refractivity contribution in [3.63, 3.8) is 0 Å². The second-order valence-electron chi connectivity index (χ2n) is 6.35. The van der Waals surface area contributed by atoms with Crippen LogP contribution in [0.2, 0.25) is 0 Å². The van der Waals surface area contributed by atoms with E-state index in [4.69, 9.17) is 9.47 Å². The predicted octanol–water partition coefficient (Wildman–Crippen LogP) is 2.80. The topological polar surface area (TPSA) is 67.9 Å². The number of carbonyl (C=O) groups excluding carboxylic acids is 2. The molecule has 27 heavy (non-hydrogen) atoms. The maximum Gasteiger partial charge on any atom is 0.251 e. The molecule has 0 unspecified atom stereocenters. The Labute approximate surface area is 159 Å². The van der Waals surface area contributed by atoms with Crippen LogP contribution in [0, 0.1) is 0 Å². The molecule has 142 valence electrons. The summed E-state index contributed by atoms with van der Waals surface area (Å²) in [7, 11) is 3.07. The summed E-state index contributed by atoms with van der Waals surface area (Å²) < 4.78 is 10.4. The highest BCUT2D eigenvalue weighted by Crippen LogP contribution is 2.28. The van der Waals surface area contributed by atoms with Gasteiger partial charge >= 0.3 is 0 Å². The number of amides is 2. The zero-order valence-electron chi connectivity index (χ0n) is 15.7. The van der Waals surface area contributed by atoms with Gasteiger partial charge in [-0.25, -0.2) is 0 Å². The Bertz CT molecular complexity index is 835. The Hall–Kier alpha value is -3.02. The third-order valence-corrected chi connectivity index (χ3v) is 4.68. The molecule has 6 nitrogen and oxygen atoms in total. The summed E-state index contributed by atoms with van der Waals surface area (Å²) in [6.07, 6.45) is 2.21. The van der Waals surface area contributed by atoms with Crippen molar-refractivity contribution in [2.45, 2.75) is 19.3 Å². The molecule has 2 aromatic carbocycles. The molecule has 0 radical (unpaired) electrons. The summed E-state index contributed by atoms with van der Waals surface area (Å²) in [5.41, 5.74) is 2.65. The lowest BCUT2D eigenvalue weighted by Gasteiger charge is -2.29. The average molecular weight is 368 g/mol. The van der Waals surface area contributed by atoms with Gasteiger partial charge in [0, 0.05) is 30.8 Å². The van der Waals surface area contributed by atoms with Gasteiger partial charge in [0.15, 0.2) is 11.5 Å². The van der Waals surface area contributed by atoms with Crippen molar-refractivity contribution in [2.24, 2.45) is 0 Å². The SMILES string of the molecule is COc1ccc(C(=O)NCCC(=O)N2CCCc3ccccc32)cc1OC. The number of para-hydroxylation sites is 1. The Balaban J connectivity index is 1.57. The minimum Gasteiger partial charge on any atom is -0.493 e. The second kappa shape index (κ2) is 8.58. The molecule has 1 aliphatic heterocycles. The van der Waals surface area contributed by atoms with E-state index in [-0.39, 0.29) is 24.8 Å². The van der Waals surface area contributed by atoms with Gasteiger partial charge in [-0.15, -0.1) is 0 Å². The van der Waals surface area contributed by atoms with E-state index in [1.165, 1.54) is 12.7 Å². The molecule has 6 heteroatoms. The van der Waals surface area contributed by atoms with Crippen LogP contribution in [0.5, 0.6) is 11.5 Å². The number of nitrogens with zero attached hydrogens (tertiary/aromatic N) is 1. The maximum atomic E-state index is 12.6. The Morgan fingerprint density at radius 1 is 1.07 bits per heavy atom. The lowest BCUT2D eigenvalue weighted by molar-refractivity contribution is -0.118. The molecule has 0 aliphatic carbocycles. The number of methoxy groups -OCH3 is 2. The second-order valence-corrected chi connectivity index (χ2v) is 6.35. The van der Waals surface area contributed by atoms with E-state index >= 15 is 0 Å². The van der Waals surface area contributed by atoms with E-state index in [0.717, 1.165) is 25.1 Å². The predicted molar refractivity (Wildman–Crippen MR) is 104 cm³/mol. The van der Waals surface area contributed by atoms with Crippen LogP contribution in [0.25, 0.3) is 0 Å². The smallest absolute Gasteiger partial charge is 0.251 e. The molecule has 0 atom stereocenters. The third kappa shape index (κ3) is 4.22. The van der Waals surface area contributed by atoms with E-state index in [0.29, 0.717) is 17.1 Å². The highest BCUT2D eigenvalue weighted by atomic mass is 16.5. The van der Waals surface area contributed by atoms with Gasteiger partial charge in [0.25, 0.3) is 5.91 Å². The molecule has 3 rings (SSSR count). The molecule has 0 spiro atoms. The standard InChI is InChI=1S/C21H24N2O4/c1-26-18-10-9-16(14-19(18)27-2)21(25)22-12-11-20(24)23-13-5-7-15-6-3-4-8-17(15)23/h3-4,6,8-10,14H,5,7,11-13H2,1-2H3,(H,22,25). The molecule has 2 amide bonds. The largest absolute Gasteiger partial charge is 0.493 e. The highest BCUT2D eigenvalue weighted by molar-refractivity contribution is 5.97. The van der Waals surface area contributed by atoms with Crippen molar-refractivity contribution >= 4 is 17.5 Å². The molecule has 2 aromatic rings. The number of rotatable bonds is 6. The van der Waals surface area contributed by atoms with Crippen molar-refractivity contribution in [3.05, 3.63) is 53.6 Å². The molecular weight excluding hydrogens is 344 g/mol. The van der Waals surface area contributed by atoms with E-state index in [2.05, 4.69) is 11.4 Å². The summed E-state index contributed by atoms with van der Waals surface area (Å²) in [6.45, 7) is 1.00. The Morgan fingerprint density at radius 3 is 2.63 bits per heavy atom. The Kier molecular flexibility index (Phi) is 5.96. The molecule has 0 fully saturated rings.